The molecule has 0 bridgehead atoms. The van der Waals surface area contributed by atoms with Crippen LogP contribution >= 0.6 is 10.2 Å². The van der Waals surface area contributed by atoms with Crippen molar-refractivity contribution in [3.8, 4) is 0 Å². The Morgan fingerprint density at radius 2 is 1.76 bits per heavy atom. The minimum Gasteiger partial charge on any atom is -0.348 e. The quantitative estimate of drug-likeness (QED) is 0.694. The summed E-state index contributed by atoms with van der Waals surface area (Å²) in [4.78, 5) is 21.6. The van der Waals surface area contributed by atoms with E-state index in [1.807, 2.05) is 0 Å². The Kier molecular flexibility index (Phi) is 4.33. The second-order valence-electron chi connectivity index (χ2n) is 5.98. The smallest absolute Gasteiger partial charge is 0.310 e. The normalized spacial score (nSPS) is 25.3. The summed E-state index contributed by atoms with van der Waals surface area (Å²) in [7, 11) is -9.71. The molecule has 0 radical (unpaired) electrons. The van der Waals surface area contributed by atoms with Gasteiger partial charge >= 0.3 is 10.2 Å². The van der Waals surface area contributed by atoms with Crippen molar-refractivity contribution in [2.45, 2.75) is 43.4 Å². The highest BCUT2D eigenvalue weighted by atomic mass is 32.5. The zero-order valence-corrected chi connectivity index (χ0v) is 14.2. The van der Waals surface area contributed by atoms with Gasteiger partial charge in [0.2, 0.25) is 11.8 Å². The number of amides is 2. The van der Waals surface area contributed by atoms with E-state index < -0.39 is 39.3 Å². The van der Waals surface area contributed by atoms with Crippen LogP contribution in [0.25, 0.3) is 0 Å². The first-order chi connectivity index (χ1) is 11.2. The van der Waals surface area contributed by atoms with Gasteiger partial charge in [0, 0.05) is 0 Å². The summed E-state index contributed by atoms with van der Waals surface area (Å²) < 4.78 is 63.5. The van der Waals surface area contributed by atoms with Crippen LogP contribution in [-0.2, 0) is 9.59 Å². The molecular weight excluding hydrogens is 369 g/mol. The third kappa shape index (κ3) is 5.05. The van der Waals surface area contributed by atoms with Crippen LogP contribution in [0.1, 0.15) is 31.9 Å². The molecule has 0 saturated carbocycles. The molecule has 1 aliphatic rings. The van der Waals surface area contributed by atoms with E-state index in [1.165, 1.54) is 6.92 Å². The first-order valence-corrected chi connectivity index (χ1v) is 9.31. The molecule has 2 unspecified atom stereocenters. The topological polar surface area (TPSA) is 70.2 Å². The third-order valence-electron chi connectivity index (χ3n) is 3.72. The molecule has 2 rings (SSSR count). The number of nitrogens with one attached hydrogen (secondary N) is 3. The van der Waals surface area contributed by atoms with Gasteiger partial charge in [0.25, 0.3) is 0 Å². The molecule has 0 aliphatic carbocycles. The molecule has 0 aromatic heterocycles. The predicted molar refractivity (Wildman–Crippen MR) is 83.5 cm³/mol. The number of carbonyl (C=O) groups is 2. The van der Waals surface area contributed by atoms with Crippen molar-refractivity contribution in [3.05, 3.63) is 29.8 Å². The molecule has 5 nitrogen and oxygen atoms in total. The van der Waals surface area contributed by atoms with Gasteiger partial charge < -0.3 is 10.6 Å². The highest BCUT2D eigenvalue weighted by Crippen LogP contribution is 3.02. The van der Waals surface area contributed by atoms with Crippen LogP contribution in [-0.4, -0.2) is 24.0 Å². The van der Waals surface area contributed by atoms with Crippen molar-refractivity contribution >= 4 is 22.0 Å². The maximum Gasteiger partial charge on any atom is 0.310 e. The molecule has 1 aliphatic heterocycles. The molecule has 1 fully saturated rings. The minimum absolute atomic E-state index is 0.0773. The van der Waals surface area contributed by atoms with Gasteiger partial charge in [-0.3, -0.25) is 14.9 Å². The third-order valence-corrected chi connectivity index (χ3v) is 4.88. The lowest BCUT2D eigenvalue weighted by molar-refractivity contribution is -0.132. The molecule has 1 saturated heterocycles. The van der Waals surface area contributed by atoms with Gasteiger partial charge in [-0.05, 0) is 31.5 Å². The first kappa shape index (κ1) is 19.4. The average Bonchev–Trinajstić information content (AvgIpc) is 2.44. The Balaban J connectivity index is 2.07. The fourth-order valence-electron chi connectivity index (χ4n) is 2.47. The highest BCUT2D eigenvalue weighted by Gasteiger charge is 2.65. The molecule has 1 heterocycles. The molecule has 2 amide bonds. The second kappa shape index (κ2) is 5.56. The Bertz CT molecular complexity index is 693. The fourth-order valence-corrected chi connectivity index (χ4v) is 3.12. The summed E-state index contributed by atoms with van der Waals surface area (Å²) in [5.74, 6) is -0.815. The van der Waals surface area contributed by atoms with Crippen LogP contribution in [0.4, 0.5) is 19.4 Å². The fraction of sp³-hybridized carbons (Fsp3) is 0.429. The maximum absolute atomic E-state index is 12.7. The SMILES string of the molecule is CC1NC(=O)CC(C(=O)N[C@H](C)c2ccc(S(F)(F)(F)(F)F)cc2)N1. The molecule has 25 heavy (non-hydrogen) atoms. The summed E-state index contributed by atoms with van der Waals surface area (Å²) in [5, 5.41) is 7.97. The van der Waals surface area contributed by atoms with E-state index >= 15 is 0 Å². The average molecular weight is 387 g/mol. The van der Waals surface area contributed by atoms with Gasteiger partial charge in [-0.2, -0.15) is 0 Å². The highest BCUT2D eigenvalue weighted by molar-refractivity contribution is 8.45. The second-order valence-corrected chi connectivity index (χ2v) is 8.39. The van der Waals surface area contributed by atoms with Crippen LogP contribution in [0.15, 0.2) is 29.2 Å². The van der Waals surface area contributed by atoms with Gasteiger partial charge in [-0.1, -0.05) is 31.6 Å². The lowest BCUT2D eigenvalue weighted by atomic mass is 10.1. The summed E-state index contributed by atoms with van der Waals surface area (Å²) in [6.45, 7) is 3.15. The van der Waals surface area contributed by atoms with Gasteiger partial charge in [-0.25, -0.2) is 0 Å². The predicted octanol–water partition coefficient (Wildman–Crippen LogP) is 3.35. The monoisotopic (exact) mass is 387 g/mol. The van der Waals surface area contributed by atoms with Crippen molar-refractivity contribution < 1.29 is 29.0 Å². The van der Waals surface area contributed by atoms with Gasteiger partial charge in [0.1, 0.15) is 4.90 Å². The Morgan fingerprint density at radius 1 is 1.20 bits per heavy atom. The molecule has 1 aromatic carbocycles. The lowest BCUT2D eigenvalue weighted by Gasteiger charge is -2.40. The van der Waals surface area contributed by atoms with E-state index in [1.54, 1.807) is 6.92 Å². The van der Waals surface area contributed by atoms with Gasteiger partial charge in [0.05, 0.1) is 24.7 Å². The van der Waals surface area contributed by atoms with E-state index in [-0.39, 0.29) is 17.9 Å². The van der Waals surface area contributed by atoms with Crippen molar-refractivity contribution in [3.63, 3.8) is 0 Å². The van der Waals surface area contributed by atoms with E-state index in [2.05, 4.69) is 16.0 Å². The minimum atomic E-state index is -9.71. The molecule has 0 spiro atoms. The standard InChI is InChI=1S/C14H18F5N3O2S/c1-8(20-14(24)12-7-13(23)22-9(2)21-12)10-3-5-11(6-4-10)25(15,16,17,18)19/h3-6,8-9,12,21H,7H2,1-2H3,(H,20,24)(H,22,23)/t8-,9?,12?/m1/s1. The van der Waals surface area contributed by atoms with Crippen LogP contribution < -0.4 is 16.0 Å². The van der Waals surface area contributed by atoms with Crippen LogP contribution in [0, 0.1) is 0 Å². The number of hydrogen-bond donors (Lipinski definition) is 3. The number of hydrogen-bond acceptors (Lipinski definition) is 3. The first-order valence-electron chi connectivity index (χ1n) is 7.35. The summed E-state index contributed by atoms with van der Waals surface area (Å²) in [5.41, 5.74) is 0.229. The Hall–Kier alpha value is -1.88. The molecule has 142 valence electrons. The molecule has 3 N–H and O–H groups in total. The summed E-state index contributed by atoms with van der Waals surface area (Å²) >= 11 is 0. The van der Waals surface area contributed by atoms with Crippen molar-refractivity contribution in [1.29, 1.82) is 0 Å². The molecular formula is C14H18F5N3O2S. The molecule has 3 atom stereocenters. The van der Waals surface area contributed by atoms with E-state index in [9.17, 15) is 29.0 Å². The van der Waals surface area contributed by atoms with Crippen LogP contribution in [0.3, 0.4) is 0 Å². The Morgan fingerprint density at radius 3 is 2.24 bits per heavy atom. The number of rotatable bonds is 4. The number of halogens is 5. The number of benzene rings is 1. The van der Waals surface area contributed by atoms with E-state index in [4.69, 9.17) is 0 Å². The zero-order valence-electron chi connectivity index (χ0n) is 13.4. The maximum atomic E-state index is 12.7. The lowest BCUT2D eigenvalue weighted by Crippen LogP contribution is -2.59. The largest absolute Gasteiger partial charge is 0.348 e. The van der Waals surface area contributed by atoms with Crippen LogP contribution in [0.2, 0.25) is 0 Å². The van der Waals surface area contributed by atoms with E-state index in [0.717, 1.165) is 12.1 Å². The number of carbonyl (C=O) groups excluding carboxylic acids is 2. The van der Waals surface area contributed by atoms with Gasteiger partial charge in [0.15, 0.2) is 0 Å². The van der Waals surface area contributed by atoms with Crippen molar-refractivity contribution in [2.75, 3.05) is 0 Å². The zero-order chi connectivity index (χ0) is 19.1. The summed E-state index contributed by atoms with van der Waals surface area (Å²) in [6.07, 6.45) is -0.476. The van der Waals surface area contributed by atoms with Gasteiger partial charge in [-0.15, -0.1) is 0 Å². The van der Waals surface area contributed by atoms with Crippen molar-refractivity contribution in [2.24, 2.45) is 0 Å². The molecule has 11 heteroatoms. The summed E-state index contributed by atoms with van der Waals surface area (Å²) in [6, 6.07) is 0.878. The molecule has 1 aromatic rings. The Labute approximate surface area is 141 Å². The van der Waals surface area contributed by atoms with Crippen molar-refractivity contribution in [1.82, 2.24) is 16.0 Å². The van der Waals surface area contributed by atoms with Crippen LogP contribution in [0.5, 0.6) is 0 Å². The van der Waals surface area contributed by atoms with E-state index in [0.29, 0.717) is 12.1 Å².